The molecule has 1 rings (SSSR count). The number of hydrogen-bond acceptors (Lipinski definition) is 4. The number of carbonyl (C=O) groups excluding carboxylic acids is 1. The first-order chi connectivity index (χ1) is 7.97. The summed E-state index contributed by atoms with van der Waals surface area (Å²) >= 11 is 1.57. The molecule has 0 aliphatic rings. The van der Waals surface area contributed by atoms with Crippen molar-refractivity contribution in [2.45, 2.75) is 11.8 Å². The van der Waals surface area contributed by atoms with E-state index >= 15 is 0 Å². The molecular weight excluding hydrogens is 258 g/mol. The first kappa shape index (κ1) is 14.2. The molecule has 0 aromatic heterocycles. The Bertz CT molecular complexity index is 480. The van der Waals surface area contributed by atoms with E-state index < -0.39 is 10.0 Å². The Labute approximate surface area is 106 Å². The Morgan fingerprint density at radius 3 is 2.35 bits per heavy atom. The molecule has 0 heterocycles. The molecular formula is C11H15NO3S2. The van der Waals surface area contributed by atoms with E-state index in [0.29, 0.717) is 12.1 Å². The molecule has 1 N–H and O–H groups in total. The largest absolute Gasteiger partial charge is 0.295 e. The van der Waals surface area contributed by atoms with Gasteiger partial charge < -0.3 is 0 Å². The van der Waals surface area contributed by atoms with Gasteiger partial charge in [-0.3, -0.25) is 4.79 Å². The molecule has 0 unspecified atom stereocenters. The second kappa shape index (κ2) is 6.18. The van der Waals surface area contributed by atoms with Crippen molar-refractivity contribution in [2.24, 2.45) is 0 Å². The molecule has 0 saturated heterocycles. The minimum atomic E-state index is -3.45. The molecule has 0 atom stereocenters. The second-order valence-corrected chi connectivity index (χ2v) is 6.22. The highest BCUT2D eigenvalue weighted by Crippen LogP contribution is 2.10. The number of Topliss-reactive ketones (excluding diaryl/α,β-unsaturated/α-hetero) is 1. The van der Waals surface area contributed by atoms with E-state index in [1.165, 1.54) is 31.2 Å². The minimum absolute atomic E-state index is 0.0794. The lowest BCUT2D eigenvalue weighted by Crippen LogP contribution is -2.26. The molecule has 4 nitrogen and oxygen atoms in total. The zero-order valence-electron chi connectivity index (χ0n) is 9.76. The highest BCUT2D eigenvalue weighted by atomic mass is 32.2. The van der Waals surface area contributed by atoms with Crippen molar-refractivity contribution in [1.82, 2.24) is 4.72 Å². The van der Waals surface area contributed by atoms with Crippen LogP contribution in [-0.4, -0.2) is 32.8 Å². The Hall–Kier alpha value is -0.850. The zero-order chi connectivity index (χ0) is 12.9. The lowest BCUT2D eigenvalue weighted by molar-refractivity contribution is 0.101. The minimum Gasteiger partial charge on any atom is -0.295 e. The molecule has 0 radical (unpaired) electrons. The maximum Gasteiger partial charge on any atom is 0.240 e. The van der Waals surface area contributed by atoms with Crippen molar-refractivity contribution in [1.29, 1.82) is 0 Å². The summed E-state index contributed by atoms with van der Waals surface area (Å²) in [5, 5.41) is 0. The van der Waals surface area contributed by atoms with Crippen molar-refractivity contribution < 1.29 is 13.2 Å². The van der Waals surface area contributed by atoms with Gasteiger partial charge in [0.25, 0.3) is 0 Å². The van der Waals surface area contributed by atoms with Gasteiger partial charge in [-0.25, -0.2) is 13.1 Å². The third kappa shape index (κ3) is 4.14. The van der Waals surface area contributed by atoms with Crippen molar-refractivity contribution in [3.63, 3.8) is 0 Å². The summed E-state index contributed by atoms with van der Waals surface area (Å²) in [6.45, 7) is 1.85. The van der Waals surface area contributed by atoms with Crippen molar-refractivity contribution in [3.8, 4) is 0 Å². The Morgan fingerprint density at radius 1 is 1.29 bits per heavy atom. The number of carbonyl (C=O) groups is 1. The van der Waals surface area contributed by atoms with Crippen LogP contribution in [0.25, 0.3) is 0 Å². The van der Waals surface area contributed by atoms with E-state index in [-0.39, 0.29) is 10.7 Å². The summed E-state index contributed by atoms with van der Waals surface area (Å²) in [5.74, 6) is 0.648. The van der Waals surface area contributed by atoms with Gasteiger partial charge in [-0.1, -0.05) is 12.1 Å². The summed E-state index contributed by atoms with van der Waals surface area (Å²) in [7, 11) is -3.45. The molecule has 1 aromatic carbocycles. The van der Waals surface area contributed by atoms with Gasteiger partial charge in [0.2, 0.25) is 10.0 Å². The van der Waals surface area contributed by atoms with Crippen LogP contribution >= 0.6 is 11.8 Å². The van der Waals surface area contributed by atoms with Gasteiger partial charge in [-0.15, -0.1) is 0 Å². The Balaban J connectivity index is 2.81. The molecule has 1 aromatic rings. The van der Waals surface area contributed by atoms with Gasteiger partial charge in [0.15, 0.2) is 5.78 Å². The number of thioether (sulfide) groups is 1. The van der Waals surface area contributed by atoms with Gasteiger partial charge >= 0.3 is 0 Å². The number of ketones is 1. The molecule has 94 valence electrons. The van der Waals surface area contributed by atoms with E-state index in [4.69, 9.17) is 0 Å². The molecule has 0 saturated carbocycles. The number of sulfonamides is 1. The van der Waals surface area contributed by atoms with Crippen molar-refractivity contribution in [3.05, 3.63) is 29.8 Å². The standard InChI is InChI=1S/C11H15NO3S2/c1-9(13)10-3-5-11(6-4-10)17(14,15)12-7-8-16-2/h3-6,12H,7-8H2,1-2H3. The smallest absolute Gasteiger partial charge is 0.240 e. The fraction of sp³-hybridized carbons (Fsp3) is 0.364. The second-order valence-electron chi connectivity index (χ2n) is 3.47. The zero-order valence-corrected chi connectivity index (χ0v) is 11.4. The summed E-state index contributed by atoms with van der Waals surface area (Å²) in [6, 6.07) is 5.92. The maximum atomic E-state index is 11.8. The van der Waals surface area contributed by atoms with Crippen LogP contribution in [0.15, 0.2) is 29.2 Å². The molecule has 0 bridgehead atoms. The summed E-state index contributed by atoms with van der Waals surface area (Å²) in [4.78, 5) is 11.2. The van der Waals surface area contributed by atoms with Gasteiger partial charge in [0.1, 0.15) is 0 Å². The maximum absolute atomic E-state index is 11.8. The highest BCUT2D eigenvalue weighted by molar-refractivity contribution is 7.98. The monoisotopic (exact) mass is 273 g/mol. The summed E-state index contributed by atoms with van der Waals surface area (Å²) < 4.78 is 26.1. The van der Waals surface area contributed by atoms with E-state index in [9.17, 15) is 13.2 Å². The van der Waals surface area contributed by atoms with Gasteiger partial charge in [0.05, 0.1) is 4.90 Å². The first-order valence-corrected chi connectivity index (χ1v) is 7.94. The molecule has 0 amide bonds. The fourth-order valence-electron chi connectivity index (χ4n) is 1.23. The quantitative estimate of drug-likeness (QED) is 0.630. The van der Waals surface area contributed by atoms with E-state index in [1.54, 1.807) is 11.8 Å². The number of benzene rings is 1. The molecule has 17 heavy (non-hydrogen) atoms. The predicted octanol–water partition coefficient (Wildman–Crippen LogP) is 1.53. The van der Waals surface area contributed by atoms with Crippen molar-refractivity contribution >= 4 is 27.6 Å². The number of hydrogen-bond donors (Lipinski definition) is 1. The Kier molecular flexibility index (Phi) is 5.17. The highest BCUT2D eigenvalue weighted by Gasteiger charge is 2.13. The molecule has 0 aliphatic carbocycles. The fourth-order valence-corrected chi connectivity index (χ4v) is 2.70. The van der Waals surface area contributed by atoms with Crippen LogP contribution in [0.3, 0.4) is 0 Å². The molecule has 0 fully saturated rings. The lowest BCUT2D eigenvalue weighted by Gasteiger charge is -2.06. The van der Waals surface area contributed by atoms with Crippen LogP contribution in [-0.2, 0) is 10.0 Å². The lowest BCUT2D eigenvalue weighted by atomic mass is 10.2. The van der Waals surface area contributed by atoms with Crippen LogP contribution in [0, 0.1) is 0 Å². The third-order valence-electron chi connectivity index (χ3n) is 2.17. The summed E-state index contributed by atoms with van der Waals surface area (Å²) in [6.07, 6.45) is 1.91. The normalized spacial score (nSPS) is 11.4. The average Bonchev–Trinajstić information content (AvgIpc) is 2.29. The van der Waals surface area contributed by atoms with Gasteiger partial charge in [-0.2, -0.15) is 11.8 Å². The van der Waals surface area contributed by atoms with E-state index in [1.807, 2.05) is 6.26 Å². The SMILES string of the molecule is CSCCNS(=O)(=O)c1ccc(C(C)=O)cc1. The van der Waals surface area contributed by atoms with Crippen LogP contribution < -0.4 is 4.72 Å². The van der Waals surface area contributed by atoms with E-state index in [2.05, 4.69) is 4.72 Å². The number of nitrogens with one attached hydrogen (secondary N) is 1. The molecule has 0 aliphatic heterocycles. The van der Waals surface area contributed by atoms with Gasteiger partial charge in [-0.05, 0) is 25.3 Å². The Morgan fingerprint density at radius 2 is 1.88 bits per heavy atom. The van der Waals surface area contributed by atoms with Crippen LogP contribution in [0.4, 0.5) is 0 Å². The van der Waals surface area contributed by atoms with Crippen LogP contribution in [0.5, 0.6) is 0 Å². The van der Waals surface area contributed by atoms with E-state index in [0.717, 1.165) is 5.75 Å². The van der Waals surface area contributed by atoms with Crippen molar-refractivity contribution in [2.75, 3.05) is 18.6 Å². The number of rotatable bonds is 6. The molecule has 6 heteroatoms. The third-order valence-corrected chi connectivity index (χ3v) is 4.26. The predicted molar refractivity (Wildman–Crippen MR) is 70.0 cm³/mol. The van der Waals surface area contributed by atoms with Crippen LogP contribution in [0.2, 0.25) is 0 Å². The van der Waals surface area contributed by atoms with Crippen LogP contribution in [0.1, 0.15) is 17.3 Å². The molecule has 0 spiro atoms. The first-order valence-electron chi connectivity index (χ1n) is 5.07. The van der Waals surface area contributed by atoms with Gasteiger partial charge in [0, 0.05) is 17.9 Å². The topological polar surface area (TPSA) is 63.2 Å². The average molecular weight is 273 g/mol. The summed E-state index contributed by atoms with van der Waals surface area (Å²) in [5.41, 5.74) is 0.507.